The zero-order valence-electron chi connectivity index (χ0n) is 14.1. The third kappa shape index (κ3) is 3.66. The number of rotatable bonds is 4. The van der Waals surface area contributed by atoms with Gasteiger partial charge in [0.15, 0.2) is 22.4 Å². The normalized spacial score (nSPS) is 16.6. The van der Waals surface area contributed by atoms with E-state index in [1.54, 1.807) is 12.1 Å². The molecule has 0 atom stereocenters. The molecule has 0 spiro atoms. The first-order valence-electron chi connectivity index (χ1n) is 8.79. The monoisotopic (exact) mass is 359 g/mol. The van der Waals surface area contributed by atoms with Crippen molar-refractivity contribution in [1.29, 1.82) is 0 Å². The van der Waals surface area contributed by atoms with Gasteiger partial charge in [0, 0.05) is 24.9 Å². The van der Waals surface area contributed by atoms with Crippen molar-refractivity contribution in [3.63, 3.8) is 0 Å². The largest absolute Gasteiger partial charge is 0.490 e. The fourth-order valence-electron chi connectivity index (χ4n) is 3.12. The Kier molecular flexibility index (Phi) is 4.92. The number of carbonyl (C=O) groups excluding carboxylic acids is 1. The number of ether oxygens (including phenoxy) is 2. The summed E-state index contributed by atoms with van der Waals surface area (Å²) >= 11 is 1.46. The maximum Gasteiger partial charge on any atom is 0.191 e. The number of benzene rings is 1. The van der Waals surface area contributed by atoms with Crippen molar-refractivity contribution in [3.8, 4) is 11.5 Å². The van der Waals surface area contributed by atoms with Crippen LogP contribution in [-0.2, 0) is 13.0 Å². The Bertz CT molecular complexity index is 775. The lowest BCUT2D eigenvalue weighted by Crippen LogP contribution is -2.06. The summed E-state index contributed by atoms with van der Waals surface area (Å²) in [7, 11) is 0. The van der Waals surface area contributed by atoms with E-state index >= 15 is 0 Å². The van der Waals surface area contributed by atoms with Gasteiger partial charge in [-0.3, -0.25) is 4.79 Å². The van der Waals surface area contributed by atoms with E-state index in [2.05, 4.69) is 14.8 Å². The number of ketones is 1. The van der Waals surface area contributed by atoms with Crippen LogP contribution in [0.1, 0.15) is 41.9 Å². The van der Waals surface area contributed by atoms with E-state index in [9.17, 15) is 4.79 Å². The van der Waals surface area contributed by atoms with Gasteiger partial charge >= 0.3 is 0 Å². The summed E-state index contributed by atoms with van der Waals surface area (Å²) in [5, 5.41) is 9.39. The van der Waals surface area contributed by atoms with E-state index in [-0.39, 0.29) is 5.78 Å². The van der Waals surface area contributed by atoms with E-state index in [4.69, 9.17) is 9.47 Å². The molecule has 4 rings (SSSR count). The van der Waals surface area contributed by atoms with Crippen LogP contribution in [0.5, 0.6) is 11.5 Å². The Morgan fingerprint density at radius 1 is 1.08 bits per heavy atom. The lowest BCUT2D eigenvalue weighted by Gasteiger charge is -2.09. The molecule has 7 heteroatoms. The van der Waals surface area contributed by atoms with Gasteiger partial charge in [-0.2, -0.15) is 0 Å². The predicted octanol–water partition coefficient (Wildman–Crippen LogP) is 3.14. The third-order valence-corrected chi connectivity index (χ3v) is 5.44. The second-order valence-corrected chi connectivity index (χ2v) is 7.23. The van der Waals surface area contributed by atoms with Crippen molar-refractivity contribution < 1.29 is 14.3 Å². The van der Waals surface area contributed by atoms with Crippen LogP contribution in [0.3, 0.4) is 0 Å². The van der Waals surface area contributed by atoms with Crippen molar-refractivity contribution in [3.05, 3.63) is 29.6 Å². The molecule has 3 heterocycles. The fourth-order valence-corrected chi connectivity index (χ4v) is 3.99. The molecule has 0 bridgehead atoms. The van der Waals surface area contributed by atoms with Gasteiger partial charge in [0.05, 0.1) is 19.0 Å². The van der Waals surface area contributed by atoms with Crippen molar-refractivity contribution in [2.75, 3.05) is 19.0 Å². The molecule has 2 aliphatic rings. The molecule has 2 aliphatic heterocycles. The number of nitrogens with zero attached hydrogens (tertiary/aromatic N) is 3. The molecule has 0 fully saturated rings. The minimum absolute atomic E-state index is 0.0617. The number of aryl methyl sites for hydroxylation is 1. The van der Waals surface area contributed by atoms with Crippen LogP contribution >= 0.6 is 11.8 Å². The van der Waals surface area contributed by atoms with E-state index in [1.165, 1.54) is 24.6 Å². The third-order valence-electron chi connectivity index (χ3n) is 4.48. The van der Waals surface area contributed by atoms with E-state index in [0.29, 0.717) is 36.0 Å². The Balaban J connectivity index is 1.44. The van der Waals surface area contributed by atoms with Crippen molar-refractivity contribution in [2.24, 2.45) is 0 Å². The Labute approximate surface area is 150 Å². The van der Waals surface area contributed by atoms with Gasteiger partial charge < -0.3 is 14.0 Å². The fraction of sp³-hybridized carbons (Fsp3) is 0.500. The summed E-state index contributed by atoms with van der Waals surface area (Å²) in [6.45, 7) is 2.21. The maximum absolute atomic E-state index is 12.6. The minimum Gasteiger partial charge on any atom is -0.490 e. The van der Waals surface area contributed by atoms with Crippen molar-refractivity contribution in [1.82, 2.24) is 14.8 Å². The zero-order chi connectivity index (χ0) is 17.1. The van der Waals surface area contributed by atoms with Crippen LogP contribution in [-0.4, -0.2) is 39.5 Å². The van der Waals surface area contributed by atoms with Crippen LogP contribution in [0.2, 0.25) is 0 Å². The van der Waals surface area contributed by atoms with Crippen molar-refractivity contribution in [2.45, 2.75) is 43.8 Å². The van der Waals surface area contributed by atoms with Gasteiger partial charge in [-0.15, -0.1) is 10.2 Å². The first-order valence-corrected chi connectivity index (χ1v) is 9.77. The first-order chi connectivity index (χ1) is 12.3. The van der Waals surface area contributed by atoms with Gasteiger partial charge in [-0.1, -0.05) is 18.2 Å². The number of carbonyl (C=O) groups is 1. The number of hydrogen-bond donors (Lipinski definition) is 0. The number of fused-ring (bicyclic) bond motifs is 2. The highest BCUT2D eigenvalue weighted by molar-refractivity contribution is 7.99. The van der Waals surface area contributed by atoms with Crippen LogP contribution in [0.15, 0.2) is 23.4 Å². The highest BCUT2D eigenvalue weighted by atomic mass is 32.2. The van der Waals surface area contributed by atoms with Gasteiger partial charge in [-0.05, 0) is 31.0 Å². The maximum atomic E-state index is 12.6. The molecule has 0 saturated carbocycles. The predicted molar refractivity (Wildman–Crippen MR) is 94.7 cm³/mol. The second kappa shape index (κ2) is 7.47. The van der Waals surface area contributed by atoms with Gasteiger partial charge in [-0.25, -0.2) is 0 Å². The molecular formula is C18H21N3O3S. The summed E-state index contributed by atoms with van der Waals surface area (Å²) in [5.74, 6) is 2.82. The van der Waals surface area contributed by atoms with E-state index in [1.807, 2.05) is 6.07 Å². The lowest BCUT2D eigenvalue weighted by molar-refractivity contribution is 0.102. The molecule has 0 unspecified atom stereocenters. The average Bonchev–Trinajstić information content (AvgIpc) is 2.83. The zero-order valence-corrected chi connectivity index (χ0v) is 14.9. The molecule has 1 aromatic heterocycles. The Hall–Kier alpha value is -2.02. The quantitative estimate of drug-likeness (QED) is 0.617. The topological polar surface area (TPSA) is 66.2 Å². The number of Topliss-reactive ketones (excluding diaryl/α,β-unsaturated/α-hetero) is 1. The number of hydrogen-bond acceptors (Lipinski definition) is 6. The highest BCUT2D eigenvalue weighted by Crippen LogP contribution is 2.31. The van der Waals surface area contributed by atoms with Crippen LogP contribution in [0, 0.1) is 0 Å². The summed E-state index contributed by atoms with van der Waals surface area (Å²) in [6.07, 6.45) is 5.37. The van der Waals surface area contributed by atoms with Crippen molar-refractivity contribution >= 4 is 17.5 Å². The molecule has 0 amide bonds. The molecular weight excluding hydrogens is 338 g/mol. The Morgan fingerprint density at radius 2 is 1.96 bits per heavy atom. The molecule has 6 nitrogen and oxygen atoms in total. The summed E-state index contributed by atoms with van der Waals surface area (Å²) in [4.78, 5) is 12.6. The first kappa shape index (κ1) is 16.4. The molecule has 0 saturated heterocycles. The Morgan fingerprint density at radius 3 is 2.88 bits per heavy atom. The molecule has 132 valence electrons. The number of aromatic nitrogens is 3. The SMILES string of the molecule is O=C(CSc1nnc2n1CCCCC2)c1ccc2c(c1)OCCCO2. The number of thioether (sulfide) groups is 1. The molecule has 0 N–H and O–H groups in total. The smallest absolute Gasteiger partial charge is 0.191 e. The summed E-state index contributed by atoms with van der Waals surface area (Å²) < 4.78 is 13.4. The molecule has 0 radical (unpaired) electrons. The summed E-state index contributed by atoms with van der Waals surface area (Å²) in [5.41, 5.74) is 0.646. The van der Waals surface area contributed by atoms with Crippen LogP contribution in [0.25, 0.3) is 0 Å². The standard InChI is InChI=1S/C18H21N3O3S/c22-14(13-6-7-15-16(11-13)24-10-4-9-23-15)12-25-18-20-19-17-5-2-1-3-8-21(17)18/h6-7,11H,1-5,8-10,12H2. The highest BCUT2D eigenvalue weighted by Gasteiger charge is 2.18. The van der Waals surface area contributed by atoms with Gasteiger partial charge in [0.1, 0.15) is 5.82 Å². The molecule has 2 aromatic rings. The molecule has 1 aromatic carbocycles. The van der Waals surface area contributed by atoms with Crippen LogP contribution in [0.4, 0.5) is 0 Å². The van der Waals surface area contributed by atoms with Gasteiger partial charge in [0.25, 0.3) is 0 Å². The summed E-state index contributed by atoms with van der Waals surface area (Å²) in [6, 6.07) is 5.41. The second-order valence-electron chi connectivity index (χ2n) is 6.28. The van der Waals surface area contributed by atoms with Crippen LogP contribution < -0.4 is 9.47 Å². The minimum atomic E-state index is 0.0617. The molecule has 25 heavy (non-hydrogen) atoms. The van der Waals surface area contributed by atoms with E-state index in [0.717, 1.165) is 36.8 Å². The molecule has 0 aliphatic carbocycles. The lowest BCUT2D eigenvalue weighted by atomic mass is 10.1. The van der Waals surface area contributed by atoms with Gasteiger partial charge in [0.2, 0.25) is 0 Å². The van der Waals surface area contributed by atoms with E-state index < -0.39 is 0 Å². The average molecular weight is 359 g/mol.